The largest absolute Gasteiger partial charge is 0.303 e. The Labute approximate surface area is 313 Å². The Morgan fingerprint density at radius 1 is 0.538 bits per heavy atom. The van der Waals surface area contributed by atoms with E-state index in [2.05, 4.69) is 122 Å². The number of likely N-dealkylation sites (tertiary alicyclic amines) is 2. The van der Waals surface area contributed by atoms with Gasteiger partial charge in [0.15, 0.2) is 0 Å². The molecule has 8 rings (SSSR count). The second kappa shape index (κ2) is 16.7. The van der Waals surface area contributed by atoms with Crippen molar-refractivity contribution < 1.29 is 0 Å². The van der Waals surface area contributed by atoms with E-state index in [0.29, 0.717) is 0 Å². The first-order valence-corrected chi connectivity index (χ1v) is 20.6. The lowest BCUT2D eigenvalue weighted by Gasteiger charge is -2.26. The summed E-state index contributed by atoms with van der Waals surface area (Å²) in [6, 6.07) is 31.0. The van der Waals surface area contributed by atoms with E-state index in [0.717, 1.165) is 78.5 Å². The van der Waals surface area contributed by atoms with Crippen LogP contribution in [0.3, 0.4) is 0 Å². The number of anilines is 2. The summed E-state index contributed by atoms with van der Waals surface area (Å²) in [6.45, 7) is 8.82. The third-order valence-corrected chi connectivity index (χ3v) is 11.8. The Morgan fingerprint density at radius 2 is 0.981 bits per heavy atom. The van der Waals surface area contributed by atoms with Crippen molar-refractivity contribution in [3.63, 3.8) is 0 Å². The molecule has 0 aliphatic carbocycles. The molecule has 2 saturated heterocycles. The van der Waals surface area contributed by atoms with Gasteiger partial charge in [-0.15, -0.1) is 11.8 Å². The van der Waals surface area contributed by atoms with E-state index in [1.165, 1.54) is 75.2 Å². The average Bonchev–Trinajstić information content (AvgIpc) is 3.91. The first-order valence-electron chi connectivity index (χ1n) is 19.4. The van der Waals surface area contributed by atoms with Crippen LogP contribution in [0.1, 0.15) is 51.4 Å². The van der Waals surface area contributed by atoms with Crippen LogP contribution in [0.2, 0.25) is 0 Å². The molecule has 52 heavy (non-hydrogen) atoms. The summed E-state index contributed by atoms with van der Waals surface area (Å²) >= 11 is 1.76. The fraction of sp³-hybridized carbons (Fsp3) is 0.452. The summed E-state index contributed by atoms with van der Waals surface area (Å²) in [4.78, 5) is 11.7. The summed E-state index contributed by atoms with van der Waals surface area (Å²) < 4.78 is 0. The zero-order chi connectivity index (χ0) is 35.1. The summed E-state index contributed by atoms with van der Waals surface area (Å²) in [6.07, 6.45) is 12.3. The Bertz CT molecular complexity index is 1710. The van der Waals surface area contributed by atoms with Crippen LogP contribution in [-0.4, -0.2) is 85.5 Å². The van der Waals surface area contributed by atoms with Gasteiger partial charge in [0.25, 0.3) is 0 Å². The molecule has 0 bridgehead atoms. The van der Waals surface area contributed by atoms with Crippen molar-refractivity contribution in [2.75, 3.05) is 68.6 Å². The van der Waals surface area contributed by atoms with Gasteiger partial charge in [-0.2, -0.15) is 10.2 Å². The van der Waals surface area contributed by atoms with Crippen LogP contribution in [0.15, 0.2) is 110 Å². The highest BCUT2D eigenvalue weighted by Crippen LogP contribution is 2.34. The van der Waals surface area contributed by atoms with E-state index in [1.54, 1.807) is 11.8 Å². The number of nitrogens with zero attached hydrogens (tertiary/aromatic N) is 9. The van der Waals surface area contributed by atoms with Gasteiger partial charge in [0, 0.05) is 29.1 Å². The lowest BCUT2D eigenvalue weighted by Crippen LogP contribution is -2.33. The van der Waals surface area contributed by atoms with Crippen molar-refractivity contribution in [1.29, 1.82) is 0 Å². The maximum absolute atomic E-state index is 5.22. The Hall–Kier alpha value is -4.12. The summed E-state index contributed by atoms with van der Waals surface area (Å²) in [5.41, 5.74) is 8.52. The van der Waals surface area contributed by atoms with Crippen LogP contribution >= 0.6 is 11.8 Å². The number of hydrogen-bond acceptors (Lipinski definition) is 10. The van der Waals surface area contributed by atoms with Crippen molar-refractivity contribution in [1.82, 2.24) is 14.8 Å². The predicted octanol–water partition coefficient (Wildman–Crippen LogP) is 9.67. The molecule has 2 atom stereocenters. The molecule has 0 saturated carbocycles. The van der Waals surface area contributed by atoms with Gasteiger partial charge in [0.2, 0.25) is 0 Å². The second-order valence-corrected chi connectivity index (χ2v) is 15.6. The molecular weight excluding hydrogens is 663 g/mol. The van der Waals surface area contributed by atoms with Crippen molar-refractivity contribution in [3.8, 4) is 33.6 Å². The Morgan fingerprint density at radius 3 is 1.42 bits per heavy atom. The monoisotopic (exact) mass is 713 g/mol. The van der Waals surface area contributed by atoms with E-state index < -0.39 is 0 Å². The minimum Gasteiger partial charge on any atom is -0.303 e. The molecule has 0 N–H and O–H groups in total. The maximum atomic E-state index is 5.22. The molecule has 2 unspecified atom stereocenters. The van der Waals surface area contributed by atoms with Crippen LogP contribution in [0.25, 0.3) is 33.6 Å². The van der Waals surface area contributed by atoms with Crippen LogP contribution in [-0.2, 0) is 0 Å². The lowest BCUT2D eigenvalue weighted by atomic mass is 9.99. The van der Waals surface area contributed by atoms with Gasteiger partial charge < -0.3 is 9.80 Å². The number of thioether (sulfide) groups is 1. The van der Waals surface area contributed by atoms with Gasteiger partial charge >= 0.3 is 0 Å². The molecule has 3 aromatic carbocycles. The van der Waals surface area contributed by atoms with E-state index in [1.807, 2.05) is 10.0 Å². The smallest absolute Gasteiger partial charge is 0.0938 e. The number of aromatic nitrogens is 1. The zero-order valence-electron chi connectivity index (χ0n) is 30.5. The number of pyridine rings is 1. The highest BCUT2D eigenvalue weighted by atomic mass is 32.2. The van der Waals surface area contributed by atoms with E-state index in [-0.39, 0.29) is 12.1 Å². The average molecular weight is 714 g/mol. The van der Waals surface area contributed by atoms with Crippen LogP contribution in [0.5, 0.6) is 0 Å². The van der Waals surface area contributed by atoms with Crippen molar-refractivity contribution in [3.05, 3.63) is 84.9 Å². The molecule has 4 aliphatic heterocycles. The van der Waals surface area contributed by atoms with Crippen LogP contribution in [0.4, 0.5) is 11.4 Å². The molecule has 9 nitrogen and oxygen atoms in total. The first kappa shape index (κ1) is 34.9. The van der Waals surface area contributed by atoms with E-state index in [9.17, 15) is 0 Å². The van der Waals surface area contributed by atoms with Gasteiger partial charge in [-0.05, 0) is 131 Å². The summed E-state index contributed by atoms with van der Waals surface area (Å²) in [5.74, 6) is 0. The lowest BCUT2D eigenvalue weighted by molar-refractivity contribution is 0.222. The normalized spacial score (nSPS) is 21.0. The molecule has 2 fully saturated rings. The highest BCUT2D eigenvalue weighted by molar-refractivity contribution is 7.98. The van der Waals surface area contributed by atoms with Crippen molar-refractivity contribution in [2.24, 2.45) is 20.7 Å². The SMILES string of the molecule is CSc1ccc(-c2cc(-c3ccc(N4CC(CCN5CCCCC5)N=N4)cc3)nc(-c3ccc(N4CC(CCN5CCCCC5)N=N4)cc3)c2)cc1. The number of hydrogen-bond donors (Lipinski definition) is 0. The van der Waals surface area contributed by atoms with Gasteiger partial charge in [0.05, 0.1) is 47.9 Å². The van der Waals surface area contributed by atoms with Gasteiger partial charge in [-0.25, -0.2) is 15.0 Å². The zero-order valence-corrected chi connectivity index (χ0v) is 31.3. The molecule has 0 spiro atoms. The van der Waals surface area contributed by atoms with Crippen molar-refractivity contribution >= 4 is 23.1 Å². The van der Waals surface area contributed by atoms with Crippen molar-refractivity contribution in [2.45, 2.75) is 68.3 Å². The molecule has 0 radical (unpaired) electrons. The Balaban J connectivity index is 0.968. The third-order valence-electron chi connectivity index (χ3n) is 11.0. The number of piperidine rings is 2. The summed E-state index contributed by atoms with van der Waals surface area (Å²) in [7, 11) is 0. The minimum atomic E-state index is 0.255. The van der Waals surface area contributed by atoms with E-state index >= 15 is 0 Å². The molecule has 1 aromatic heterocycles. The molecular formula is C42H51N9S. The van der Waals surface area contributed by atoms with Gasteiger partial charge in [0.1, 0.15) is 0 Å². The molecule has 0 amide bonds. The molecule has 4 aliphatic rings. The quantitative estimate of drug-likeness (QED) is 0.136. The maximum Gasteiger partial charge on any atom is 0.0938 e. The molecule has 270 valence electrons. The second-order valence-electron chi connectivity index (χ2n) is 14.7. The molecule has 10 heteroatoms. The topological polar surface area (TPSA) is 75.3 Å². The molecule has 4 aromatic rings. The van der Waals surface area contributed by atoms with Gasteiger partial charge in [-0.3, -0.25) is 0 Å². The fourth-order valence-corrected chi connectivity index (χ4v) is 8.25. The summed E-state index contributed by atoms with van der Waals surface area (Å²) in [5, 5.41) is 22.4. The van der Waals surface area contributed by atoms with Gasteiger partial charge in [-0.1, -0.05) is 59.7 Å². The number of rotatable bonds is 12. The Kier molecular flexibility index (Phi) is 11.2. The standard InChI is InChI=1S/C42H51N9S/c1-52-40-18-12-32(13-19-40)35-28-41(33-8-14-38(15-9-33)50-30-36(44-46-50)20-26-48-22-4-2-5-23-48)43-42(29-35)34-10-16-39(17-11-34)51-31-37(45-47-51)21-27-49-24-6-3-7-25-49/h8-19,28-29,36-37H,2-7,20-27,30-31H2,1H3. The first-order chi connectivity index (χ1) is 25.7. The predicted molar refractivity (Wildman–Crippen MR) is 214 cm³/mol. The van der Waals surface area contributed by atoms with Crippen LogP contribution < -0.4 is 10.0 Å². The minimum absolute atomic E-state index is 0.255. The van der Waals surface area contributed by atoms with Crippen LogP contribution in [0, 0.1) is 0 Å². The highest BCUT2D eigenvalue weighted by Gasteiger charge is 2.24. The number of benzene rings is 3. The molecule has 5 heterocycles. The third kappa shape index (κ3) is 8.56. The van der Waals surface area contributed by atoms with E-state index in [4.69, 9.17) is 4.98 Å². The fourth-order valence-electron chi connectivity index (χ4n) is 7.84.